The van der Waals surface area contributed by atoms with Crippen molar-refractivity contribution in [1.82, 2.24) is 14.7 Å². The van der Waals surface area contributed by atoms with Gasteiger partial charge in [0, 0.05) is 27.2 Å². The number of allylic oxidation sites excluding steroid dienone is 7. The summed E-state index contributed by atoms with van der Waals surface area (Å²) < 4.78 is 9.80. The molecule has 3 saturated heterocycles. The number of carbonyl (C=O) groups is 12. The Hall–Kier alpha value is -6.91. The number of carboxylic acid groups (broad SMARTS) is 3. The fourth-order valence-corrected chi connectivity index (χ4v) is 5.41. The highest BCUT2D eigenvalue weighted by molar-refractivity contribution is 6.66. The van der Waals surface area contributed by atoms with Gasteiger partial charge in [-0.2, -0.15) is 0 Å². The van der Waals surface area contributed by atoms with Gasteiger partial charge in [-0.15, -0.1) is 0 Å². The molecule has 0 bridgehead atoms. The number of likely N-dealkylation sites (tertiary alicyclic amines) is 3. The van der Waals surface area contributed by atoms with E-state index in [-0.39, 0.29) is 54.8 Å². The number of aliphatic carboxylic acids is 3. The number of aliphatic hydroxyl groups excluding tert-OH is 2. The molecule has 6 atom stereocenters. The third-order valence-electron chi connectivity index (χ3n) is 9.84. The topological polar surface area (TPSA) is 334 Å². The van der Waals surface area contributed by atoms with Crippen molar-refractivity contribution in [2.75, 3.05) is 21.1 Å². The quantitative estimate of drug-likeness (QED) is 0.0524. The van der Waals surface area contributed by atoms with Gasteiger partial charge in [0.15, 0.2) is 18.3 Å². The monoisotopic (exact) mass is 995 g/mol. The number of rotatable bonds is 10. The lowest BCUT2D eigenvalue weighted by Gasteiger charge is -2.20. The van der Waals surface area contributed by atoms with Gasteiger partial charge in [-0.1, -0.05) is 61.3 Å². The van der Waals surface area contributed by atoms with E-state index in [2.05, 4.69) is 38.0 Å². The van der Waals surface area contributed by atoms with E-state index in [0.29, 0.717) is 6.42 Å². The van der Waals surface area contributed by atoms with Gasteiger partial charge < -0.3 is 35.0 Å². The first kappa shape index (κ1) is 64.2. The van der Waals surface area contributed by atoms with E-state index in [1.165, 1.54) is 32.3 Å². The molecule has 3 heterocycles. The summed E-state index contributed by atoms with van der Waals surface area (Å²) in [6.45, 7) is 19.3. The molecule has 5 aliphatic rings. The summed E-state index contributed by atoms with van der Waals surface area (Å²) in [5, 5.41) is 41.0. The second kappa shape index (κ2) is 32.7. The molecule has 0 radical (unpaired) electrons. The zero-order valence-electron chi connectivity index (χ0n) is 39.4. The predicted octanol–water partition coefficient (Wildman–Crippen LogP) is 2.65. The number of hydrogen-bond acceptors (Lipinski definition) is 16. The van der Waals surface area contributed by atoms with Crippen LogP contribution in [-0.4, -0.2) is 156 Å². The molecule has 382 valence electrons. The Bertz CT molecular complexity index is 2020. The van der Waals surface area contributed by atoms with Crippen molar-refractivity contribution in [1.29, 1.82) is 0 Å². The molecule has 0 saturated carbocycles. The highest BCUT2D eigenvalue weighted by Crippen LogP contribution is 2.26. The van der Waals surface area contributed by atoms with E-state index in [9.17, 15) is 57.5 Å². The van der Waals surface area contributed by atoms with Crippen LogP contribution in [-0.2, 0) is 67.0 Å². The molecule has 0 aromatic rings. The highest BCUT2D eigenvalue weighted by atomic mass is 35.5. The van der Waals surface area contributed by atoms with Gasteiger partial charge in [0.25, 0.3) is 17.7 Å². The first-order chi connectivity index (χ1) is 31.9. The molecule has 2 aliphatic carbocycles. The molecule has 69 heavy (non-hydrogen) atoms. The number of hydrogen-bond donors (Lipinski definition) is 5. The van der Waals surface area contributed by atoms with Crippen molar-refractivity contribution >= 4 is 82.1 Å². The van der Waals surface area contributed by atoms with Crippen molar-refractivity contribution in [2.45, 2.75) is 109 Å². The molecule has 0 spiro atoms. The first-order valence-electron chi connectivity index (χ1n) is 20.8. The fourth-order valence-electron chi connectivity index (χ4n) is 5.41. The maximum Gasteiger partial charge on any atom is 0.333 e. The SMILES string of the molecule is C=CC(=C)C.C=CC(=O)Cl.C=CC(=O)O[C@H]1CC(=O)N(C)C1=O.CC1=CC[C@H](C(=O)O)CC1.CC1=CC[C@H](C(=O)O[C@H]2CC(=O)N(C)C2=O)CC1.CN1C(=O)C[C@H](O)C1=O.O=C(O)C[C@H](O)C(=O)O. The standard InChI is InChI=1S/C13H17NO4.C8H9NO4.C8H12O2.C5H7NO3.C5H8.C4H6O5.C3H3ClO/c1-8-3-5-9(6-4-8)13(17)18-10-7-11(15)14(2)12(10)16;1-3-7(11)13-5-4-6(10)9(2)8(5)12;1-6-2-4-7(5-3-6)8(9)10;1-6-4(8)2-3(7)5(6)9;1-4-5(2)3;5-2(4(8)9)1-3(6)7;1-2-3(4)5/h3,9-10H,4-7H2,1-2H3;3,5H,1,4H2,2H3;2,7H,3-5H2,1H3,(H,9,10);3,7H,2H2,1H3;4H,1-2H2,3H3;2,5H,1H2,(H,6,7)(H,8,9);2H,1H2/t9-,10-;5-;7-;3-;;2-;/m0000.0./s1. The number of nitrogens with zero attached hydrogens (tertiary/aromatic N) is 3. The number of imide groups is 3. The second-order valence-corrected chi connectivity index (χ2v) is 15.8. The number of halogens is 1. The number of ether oxygens (including phenoxy) is 2. The van der Waals surface area contributed by atoms with Crippen LogP contribution < -0.4 is 0 Å². The lowest BCUT2D eigenvalue weighted by Crippen LogP contribution is -2.32. The minimum atomic E-state index is -1.79. The molecule has 0 aromatic heterocycles. The minimum absolute atomic E-state index is 0.0251. The van der Waals surface area contributed by atoms with E-state index in [4.69, 9.17) is 41.9 Å². The van der Waals surface area contributed by atoms with Crippen LogP contribution in [0.3, 0.4) is 0 Å². The number of carboxylic acids is 3. The lowest BCUT2D eigenvalue weighted by atomic mass is 9.90. The van der Waals surface area contributed by atoms with Crippen LogP contribution in [0.25, 0.3) is 0 Å². The number of amides is 6. The highest BCUT2D eigenvalue weighted by Gasteiger charge is 2.40. The van der Waals surface area contributed by atoms with E-state index < -0.39 is 77.7 Å². The van der Waals surface area contributed by atoms with Gasteiger partial charge in [-0.25, -0.2) is 9.59 Å². The van der Waals surface area contributed by atoms with Gasteiger partial charge in [0.2, 0.25) is 23.0 Å². The number of likely N-dealkylation sites (N-methyl/N-ethyl adjacent to an activating group) is 3. The maximum absolute atomic E-state index is 11.9. The van der Waals surface area contributed by atoms with Crippen molar-refractivity contribution < 1.29 is 92.5 Å². The predicted molar refractivity (Wildman–Crippen MR) is 245 cm³/mol. The molecule has 3 aliphatic heterocycles. The van der Waals surface area contributed by atoms with Crippen LogP contribution in [0, 0.1) is 11.8 Å². The van der Waals surface area contributed by atoms with Gasteiger partial charge in [-0.05, 0) is 77.0 Å². The van der Waals surface area contributed by atoms with E-state index in [1.807, 2.05) is 26.0 Å². The molecule has 22 nitrogen and oxygen atoms in total. The summed E-state index contributed by atoms with van der Waals surface area (Å²) in [6.07, 6.45) is 6.90. The molecule has 23 heteroatoms. The Morgan fingerprint density at radius 1 is 0.710 bits per heavy atom. The van der Waals surface area contributed by atoms with Crippen LogP contribution in [0.2, 0.25) is 0 Å². The van der Waals surface area contributed by atoms with Gasteiger partial charge >= 0.3 is 29.8 Å². The average molecular weight is 996 g/mol. The van der Waals surface area contributed by atoms with Crippen LogP contribution >= 0.6 is 11.6 Å². The summed E-state index contributed by atoms with van der Waals surface area (Å²) in [6, 6.07) is 0. The van der Waals surface area contributed by atoms with Crippen molar-refractivity contribution in [3.63, 3.8) is 0 Å². The summed E-state index contributed by atoms with van der Waals surface area (Å²) in [5.74, 6) is -7.20. The smallest absolute Gasteiger partial charge is 0.333 e. The van der Waals surface area contributed by atoms with Gasteiger partial charge in [-0.3, -0.25) is 62.6 Å². The summed E-state index contributed by atoms with van der Waals surface area (Å²) in [5.41, 5.74) is 3.63. The van der Waals surface area contributed by atoms with E-state index >= 15 is 0 Å². The summed E-state index contributed by atoms with van der Waals surface area (Å²) >= 11 is 4.71. The molecule has 0 aromatic carbocycles. The minimum Gasteiger partial charge on any atom is -0.481 e. The third-order valence-corrected chi connectivity index (χ3v) is 10.00. The van der Waals surface area contributed by atoms with E-state index in [1.54, 1.807) is 6.08 Å². The van der Waals surface area contributed by atoms with Crippen molar-refractivity contribution in [2.24, 2.45) is 11.8 Å². The fraction of sp³-hybridized carbons (Fsp3) is 0.478. The summed E-state index contributed by atoms with van der Waals surface area (Å²) in [7, 11) is 4.12. The number of aliphatic hydroxyl groups is 2. The van der Waals surface area contributed by atoms with Crippen molar-refractivity contribution in [3.8, 4) is 0 Å². The molecule has 3 fully saturated rings. The Balaban J connectivity index is 0. The first-order valence-corrected chi connectivity index (χ1v) is 21.2. The average Bonchev–Trinajstić information content (AvgIpc) is 3.78. The second-order valence-electron chi connectivity index (χ2n) is 15.4. The molecule has 5 N–H and O–H groups in total. The zero-order chi connectivity index (χ0) is 53.9. The van der Waals surface area contributed by atoms with Crippen LogP contribution in [0.1, 0.15) is 85.0 Å². The summed E-state index contributed by atoms with van der Waals surface area (Å²) in [4.78, 5) is 131. The van der Waals surface area contributed by atoms with Crippen LogP contribution in [0.4, 0.5) is 0 Å². The Kier molecular flexibility index (Phi) is 30.4. The third kappa shape index (κ3) is 25.7. The Labute approximate surface area is 404 Å². The molecular formula is C46H62ClN3O19. The normalized spacial score (nSPS) is 21.5. The molecule has 5 rings (SSSR count). The molecule has 6 amide bonds. The van der Waals surface area contributed by atoms with Crippen LogP contribution in [0.15, 0.2) is 73.4 Å². The maximum atomic E-state index is 11.9. The Morgan fingerprint density at radius 2 is 1.10 bits per heavy atom. The van der Waals surface area contributed by atoms with Gasteiger partial charge in [0.1, 0.15) is 6.10 Å². The van der Waals surface area contributed by atoms with Crippen molar-refractivity contribution in [3.05, 3.63) is 73.4 Å². The number of carbonyl (C=O) groups excluding carboxylic acids is 9. The number of esters is 2. The lowest BCUT2D eigenvalue weighted by molar-refractivity contribution is -0.160. The molecular weight excluding hydrogens is 934 g/mol. The Morgan fingerprint density at radius 3 is 1.33 bits per heavy atom. The van der Waals surface area contributed by atoms with Gasteiger partial charge in [0.05, 0.1) is 37.5 Å². The molecule has 0 unspecified atom stereocenters. The zero-order valence-corrected chi connectivity index (χ0v) is 40.2. The van der Waals surface area contributed by atoms with E-state index in [0.717, 1.165) is 64.5 Å². The van der Waals surface area contributed by atoms with Crippen LogP contribution in [0.5, 0.6) is 0 Å². The largest absolute Gasteiger partial charge is 0.481 e.